The second kappa shape index (κ2) is 9.53. The van der Waals surface area contributed by atoms with Gasteiger partial charge in [-0.25, -0.2) is 4.98 Å². The number of hydrogen-bond acceptors (Lipinski definition) is 6. The minimum absolute atomic E-state index is 0.123. The van der Waals surface area contributed by atoms with Gasteiger partial charge in [0.1, 0.15) is 11.3 Å². The number of ether oxygens (including phenoxy) is 3. The van der Waals surface area contributed by atoms with Gasteiger partial charge in [-0.1, -0.05) is 24.3 Å². The molecule has 186 valence electrons. The Balaban J connectivity index is 1.23. The lowest BCUT2D eigenvalue weighted by molar-refractivity contribution is -0.135. The molecule has 2 heterocycles. The Morgan fingerprint density at radius 1 is 1.08 bits per heavy atom. The summed E-state index contributed by atoms with van der Waals surface area (Å²) in [7, 11) is 1.88. The quantitative estimate of drug-likeness (QED) is 0.506. The average molecular weight is 488 g/mol. The number of fused-ring (bicyclic) bond motifs is 1. The van der Waals surface area contributed by atoms with Crippen LogP contribution in [0.4, 0.5) is 0 Å². The number of amides is 2. The van der Waals surface area contributed by atoms with E-state index < -0.39 is 5.41 Å². The van der Waals surface area contributed by atoms with Crippen LogP contribution in [-0.2, 0) is 16.8 Å². The Morgan fingerprint density at radius 3 is 2.58 bits per heavy atom. The Hall–Kier alpha value is -4.07. The Bertz CT molecular complexity index is 1280. The Kier molecular flexibility index (Phi) is 6.26. The van der Waals surface area contributed by atoms with Gasteiger partial charge in [0.25, 0.3) is 5.91 Å². The molecular formula is C28H29N3O5. The van der Waals surface area contributed by atoms with Gasteiger partial charge in [0.2, 0.25) is 18.6 Å². The lowest BCUT2D eigenvalue weighted by Gasteiger charge is -2.30. The topological polar surface area (TPSA) is 90.0 Å². The van der Waals surface area contributed by atoms with Crippen molar-refractivity contribution in [2.24, 2.45) is 0 Å². The molecule has 8 heteroatoms. The molecule has 1 aliphatic heterocycles. The van der Waals surface area contributed by atoms with E-state index in [1.165, 1.54) is 0 Å². The molecule has 0 radical (unpaired) electrons. The molecule has 5 rings (SSSR count). The molecular weight excluding hydrogens is 458 g/mol. The van der Waals surface area contributed by atoms with Crippen LogP contribution in [0.5, 0.6) is 23.1 Å². The van der Waals surface area contributed by atoms with Crippen molar-refractivity contribution in [2.75, 3.05) is 13.8 Å². The lowest BCUT2D eigenvalue weighted by atomic mass is 9.83. The minimum atomic E-state index is -0.615. The second-order valence-corrected chi connectivity index (χ2v) is 9.63. The van der Waals surface area contributed by atoms with Crippen LogP contribution in [0.3, 0.4) is 0 Å². The number of aromatic nitrogens is 1. The first-order chi connectivity index (χ1) is 17.3. The molecule has 2 aromatic carbocycles. The summed E-state index contributed by atoms with van der Waals surface area (Å²) >= 11 is 0. The molecule has 0 saturated heterocycles. The fraction of sp³-hybridized carbons (Fsp3) is 0.321. The third-order valence-electron chi connectivity index (χ3n) is 6.65. The number of benzene rings is 2. The number of carbonyl (C=O) groups is 2. The molecule has 0 atom stereocenters. The first-order valence-electron chi connectivity index (χ1n) is 12.0. The number of pyridine rings is 1. The van der Waals surface area contributed by atoms with Crippen molar-refractivity contribution in [1.29, 1.82) is 0 Å². The zero-order valence-corrected chi connectivity index (χ0v) is 20.6. The zero-order chi connectivity index (χ0) is 25.3. The molecule has 2 amide bonds. The summed E-state index contributed by atoms with van der Waals surface area (Å²) in [4.78, 5) is 32.0. The van der Waals surface area contributed by atoms with Crippen LogP contribution in [-0.4, -0.2) is 41.6 Å². The molecule has 0 bridgehead atoms. The normalized spacial score (nSPS) is 14.3. The maximum Gasteiger partial charge on any atom is 0.257 e. The van der Waals surface area contributed by atoms with Gasteiger partial charge in [0.15, 0.2) is 11.5 Å². The van der Waals surface area contributed by atoms with Crippen LogP contribution < -0.4 is 19.5 Å². The van der Waals surface area contributed by atoms with Crippen LogP contribution in [0.15, 0.2) is 60.8 Å². The molecule has 0 spiro atoms. The SMILES string of the molecule is CN(C(=O)C(C)(C)c1ccc(CNC(=O)c2cccnc2Oc2ccc3c(c2)OCO3)cc1)C1CC1. The van der Waals surface area contributed by atoms with Gasteiger partial charge in [0, 0.05) is 31.9 Å². The van der Waals surface area contributed by atoms with Gasteiger partial charge in [0.05, 0.1) is 5.41 Å². The first kappa shape index (κ1) is 23.7. The number of nitrogens with zero attached hydrogens (tertiary/aromatic N) is 2. The molecule has 1 aliphatic carbocycles. The third-order valence-corrected chi connectivity index (χ3v) is 6.65. The zero-order valence-electron chi connectivity index (χ0n) is 20.6. The van der Waals surface area contributed by atoms with Gasteiger partial charge in [-0.2, -0.15) is 0 Å². The van der Waals surface area contributed by atoms with Crippen molar-refractivity contribution in [1.82, 2.24) is 15.2 Å². The highest BCUT2D eigenvalue weighted by molar-refractivity contribution is 5.96. The molecule has 1 fully saturated rings. The minimum Gasteiger partial charge on any atom is -0.454 e. The maximum atomic E-state index is 13.0. The van der Waals surface area contributed by atoms with Crippen molar-refractivity contribution >= 4 is 11.8 Å². The molecule has 0 unspecified atom stereocenters. The van der Waals surface area contributed by atoms with Crippen molar-refractivity contribution in [3.8, 4) is 23.1 Å². The number of nitrogens with one attached hydrogen (secondary N) is 1. The van der Waals surface area contributed by atoms with Gasteiger partial charge < -0.3 is 24.4 Å². The fourth-order valence-corrected chi connectivity index (χ4v) is 4.21. The standard InChI is InChI=1S/C28H29N3O5/c1-28(2,27(33)31(3)20-10-11-20)19-8-6-18(7-9-19)16-30-25(32)22-5-4-14-29-26(22)36-21-12-13-23-24(15-21)35-17-34-23/h4-9,12-15,20H,10-11,16-17H2,1-3H3,(H,30,32). The summed E-state index contributed by atoms with van der Waals surface area (Å²) in [6.07, 6.45) is 3.73. The number of rotatable bonds is 8. The summed E-state index contributed by atoms with van der Waals surface area (Å²) in [5, 5.41) is 2.93. The second-order valence-electron chi connectivity index (χ2n) is 9.63. The average Bonchev–Trinajstić information content (AvgIpc) is 3.64. The van der Waals surface area contributed by atoms with Crippen LogP contribution in [0.1, 0.15) is 48.2 Å². The monoisotopic (exact) mass is 487 g/mol. The molecule has 8 nitrogen and oxygen atoms in total. The summed E-state index contributed by atoms with van der Waals surface area (Å²) in [6.45, 7) is 4.40. The highest BCUT2D eigenvalue weighted by Crippen LogP contribution is 2.37. The van der Waals surface area contributed by atoms with E-state index in [9.17, 15) is 9.59 Å². The Labute approximate surface area is 210 Å². The van der Waals surface area contributed by atoms with E-state index in [-0.39, 0.29) is 24.5 Å². The van der Waals surface area contributed by atoms with E-state index in [1.807, 2.05) is 50.1 Å². The van der Waals surface area contributed by atoms with E-state index in [2.05, 4.69) is 10.3 Å². The van der Waals surface area contributed by atoms with Crippen LogP contribution in [0, 0.1) is 0 Å². The fourth-order valence-electron chi connectivity index (χ4n) is 4.21. The molecule has 3 aromatic rings. The smallest absolute Gasteiger partial charge is 0.257 e. The van der Waals surface area contributed by atoms with Gasteiger partial charge in [-0.15, -0.1) is 0 Å². The van der Waals surface area contributed by atoms with Crippen molar-refractivity contribution in [2.45, 2.75) is 44.7 Å². The molecule has 36 heavy (non-hydrogen) atoms. The summed E-state index contributed by atoms with van der Waals surface area (Å²) < 4.78 is 16.6. The maximum absolute atomic E-state index is 13.0. The molecule has 1 saturated carbocycles. The van der Waals surface area contributed by atoms with Gasteiger partial charge >= 0.3 is 0 Å². The first-order valence-corrected chi connectivity index (χ1v) is 12.0. The van der Waals surface area contributed by atoms with Gasteiger partial charge in [-0.05, 0) is 62.1 Å². The summed E-state index contributed by atoms with van der Waals surface area (Å²) in [5.41, 5.74) is 1.58. The summed E-state index contributed by atoms with van der Waals surface area (Å²) in [6, 6.07) is 16.7. The van der Waals surface area contributed by atoms with Crippen molar-refractivity contribution in [3.63, 3.8) is 0 Å². The molecule has 2 aliphatic rings. The van der Waals surface area contributed by atoms with Crippen molar-refractivity contribution in [3.05, 3.63) is 77.5 Å². The molecule has 1 aromatic heterocycles. The number of likely N-dealkylation sites (N-methyl/N-ethyl adjacent to an activating group) is 1. The van der Waals surface area contributed by atoms with Crippen molar-refractivity contribution < 1.29 is 23.8 Å². The van der Waals surface area contributed by atoms with E-state index in [1.54, 1.807) is 36.5 Å². The van der Waals surface area contributed by atoms with E-state index in [4.69, 9.17) is 14.2 Å². The number of carbonyl (C=O) groups excluding carboxylic acids is 2. The predicted molar refractivity (Wildman–Crippen MR) is 133 cm³/mol. The van der Waals surface area contributed by atoms with Gasteiger partial charge in [-0.3, -0.25) is 9.59 Å². The third kappa shape index (κ3) is 4.84. The predicted octanol–water partition coefficient (Wildman–Crippen LogP) is 4.43. The van der Waals surface area contributed by atoms with Crippen LogP contribution in [0.2, 0.25) is 0 Å². The van der Waals surface area contributed by atoms with E-state index in [0.717, 1.165) is 24.0 Å². The summed E-state index contributed by atoms with van der Waals surface area (Å²) in [5.74, 6) is 1.75. The lowest BCUT2D eigenvalue weighted by Crippen LogP contribution is -2.42. The van der Waals surface area contributed by atoms with Crippen LogP contribution >= 0.6 is 0 Å². The largest absolute Gasteiger partial charge is 0.454 e. The van der Waals surface area contributed by atoms with Crippen LogP contribution in [0.25, 0.3) is 0 Å². The Morgan fingerprint density at radius 2 is 1.83 bits per heavy atom. The highest BCUT2D eigenvalue weighted by Gasteiger charge is 2.38. The van der Waals surface area contributed by atoms with E-state index in [0.29, 0.717) is 35.4 Å². The molecule has 1 N–H and O–H groups in total. The van der Waals surface area contributed by atoms with E-state index >= 15 is 0 Å². The highest BCUT2D eigenvalue weighted by atomic mass is 16.7. The number of hydrogen-bond donors (Lipinski definition) is 1.